The minimum atomic E-state index is 0.0548. The van der Waals surface area contributed by atoms with Crippen molar-refractivity contribution < 1.29 is 0 Å². The van der Waals surface area contributed by atoms with E-state index in [1.54, 1.807) is 18.3 Å². The zero-order valence-electron chi connectivity index (χ0n) is 10.1. The summed E-state index contributed by atoms with van der Waals surface area (Å²) >= 11 is 6.12. The van der Waals surface area contributed by atoms with E-state index in [0.29, 0.717) is 10.9 Å². The fourth-order valence-corrected chi connectivity index (χ4v) is 2.50. The molecule has 0 saturated heterocycles. The molecular weight excluding hydrogens is 238 g/mol. The van der Waals surface area contributed by atoms with E-state index >= 15 is 0 Å². The molecule has 1 aromatic rings. The van der Waals surface area contributed by atoms with E-state index in [4.69, 9.17) is 23.2 Å². The second kappa shape index (κ2) is 4.09. The van der Waals surface area contributed by atoms with Crippen LogP contribution in [0, 0.1) is 0 Å². The second-order valence-electron chi connectivity index (χ2n) is 4.19. The van der Waals surface area contributed by atoms with Crippen LogP contribution in [0.3, 0.4) is 0 Å². The lowest BCUT2D eigenvalue weighted by molar-refractivity contribution is 0.405. The summed E-state index contributed by atoms with van der Waals surface area (Å²) in [4.78, 5) is 6.11. The van der Waals surface area contributed by atoms with Crippen molar-refractivity contribution in [2.45, 2.75) is 13.0 Å². The van der Waals surface area contributed by atoms with Crippen LogP contribution in [0.5, 0.6) is 0 Å². The first-order chi connectivity index (χ1) is 7.95. The largest absolute Gasteiger partial charge is 0.397 e. The maximum absolute atomic E-state index is 6.16. The number of hydrogen-bond donors (Lipinski definition) is 2. The zero-order valence-corrected chi connectivity index (χ0v) is 10.9. The smallest absolute Gasteiger partial charge is 0.152 e. The number of pyridine rings is 1. The average Bonchev–Trinajstić information content (AvgIpc) is 2.25. The molecule has 0 bridgehead atoms. The molecule has 0 spiro atoms. The van der Waals surface area contributed by atoms with Gasteiger partial charge in [0.2, 0.25) is 0 Å². The molecule has 4 N–H and O–H groups in total. The van der Waals surface area contributed by atoms with Gasteiger partial charge < -0.3 is 15.6 Å². The van der Waals surface area contributed by atoms with Gasteiger partial charge in [-0.05, 0) is 13.0 Å². The molecule has 0 fully saturated rings. The molecule has 1 unspecified atom stereocenters. The van der Waals surface area contributed by atoms with Crippen LogP contribution in [-0.4, -0.2) is 30.1 Å². The van der Waals surface area contributed by atoms with Crippen LogP contribution in [0.15, 0.2) is 18.0 Å². The molecule has 1 atom stereocenters. The predicted molar refractivity (Wildman–Crippen MR) is 70.2 cm³/mol. The van der Waals surface area contributed by atoms with E-state index in [1.807, 2.05) is 24.9 Å². The summed E-state index contributed by atoms with van der Waals surface area (Å²) < 4.78 is 0. The number of likely N-dealkylation sites (N-methyl/N-ethyl adjacent to an activating group) is 2. The lowest BCUT2D eigenvalue weighted by atomic mass is 9.99. The van der Waals surface area contributed by atoms with Crippen molar-refractivity contribution >= 4 is 23.0 Å². The number of hydrogen-bond acceptors (Lipinski definition) is 5. The Kier molecular flexibility index (Phi) is 2.89. The molecule has 0 aromatic carbocycles. The van der Waals surface area contributed by atoms with Crippen LogP contribution in [0.25, 0.3) is 5.70 Å². The molecule has 1 aliphatic rings. The first-order valence-electron chi connectivity index (χ1n) is 5.31. The third-order valence-corrected chi connectivity index (χ3v) is 3.43. The van der Waals surface area contributed by atoms with Gasteiger partial charge in [-0.3, -0.25) is 0 Å². The Morgan fingerprint density at radius 1 is 1.53 bits per heavy atom. The summed E-state index contributed by atoms with van der Waals surface area (Å²) in [6, 6.07) is 1.90. The van der Waals surface area contributed by atoms with Gasteiger partial charge in [0.25, 0.3) is 0 Å². The number of fused-ring (bicyclic) bond motifs is 1. The van der Waals surface area contributed by atoms with Crippen molar-refractivity contribution in [1.29, 1.82) is 0 Å². The fourth-order valence-electron chi connectivity index (χ4n) is 2.21. The first-order valence-corrected chi connectivity index (χ1v) is 5.68. The number of nitrogens with two attached hydrogens (primary N) is 2. The van der Waals surface area contributed by atoms with Gasteiger partial charge in [0, 0.05) is 25.9 Å². The fraction of sp³-hybridized carbons (Fsp3) is 0.364. The number of aromatic nitrogens is 1. The summed E-state index contributed by atoms with van der Waals surface area (Å²) in [6.45, 7) is 2.03. The lowest BCUT2D eigenvalue weighted by Crippen LogP contribution is -2.44. The molecule has 0 amide bonds. The Bertz CT molecular complexity index is 483. The predicted octanol–water partition coefficient (Wildman–Crippen LogP) is 1.01. The van der Waals surface area contributed by atoms with Gasteiger partial charge in [-0.2, -0.15) is 0 Å². The Morgan fingerprint density at radius 2 is 2.18 bits per heavy atom. The summed E-state index contributed by atoms with van der Waals surface area (Å²) in [5.74, 6) is 5.83. The Balaban J connectivity index is 2.71. The van der Waals surface area contributed by atoms with Crippen LogP contribution in [0.4, 0.5) is 5.69 Å². The highest BCUT2D eigenvalue weighted by Crippen LogP contribution is 2.38. The minimum absolute atomic E-state index is 0.0548. The highest BCUT2D eigenvalue weighted by molar-refractivity contribution is 6.32. The van der Waals surface area contributed by atoms with Crippen molar-refractivity contribution in [2.24, 2.45) is 11.6 Å². The third-order valence-electron chi connectivity index (χ3n) is 3.16. The molecule has 2 rings (SSSR count). The Morgan fingerprint density at radius 3 is 2.76 bits per heavy atom. The molecule has 17 heavy (non-hydrogen) atoms. The van der Waals surface area contributed by atoms with Crippen LogP contribution >= 0.6 is 11.6 Å². The van der Waals surface area contributed by atoms with E-state index in [2.05, 4.69) is 4.98 Å². The Labute approximate surface area is 106 Å². The number of anilines is 1. The normalized spacial score (nSPS) is 19.4. The standard InChI is InChI=1S/C11H16ClN5/c1-6-9(17(3)14)8(13)7-4-5-15-11(12)10(7)16(6)2/h4-6H,13-14H2,1-3H3. The highest BCUT2D eigenvalue weighted by Gasteiger charge is 2.30. The van der Waals surface area contributed by atoms with Crippen LogP contribution in [-0.2, 0) is 0 Å². The van der Waals surface area contributed by atoms with Crippen LogP contribution in [0.1, 0.15) is 12.5 Å². The minimum Gasteiger partial charge on any atom is -0.397 e. The lowest BCUT2D eigenvalue weighted by Gasteiger charge is -2.38. The van der Waals surface area contributed by atoms with E-state index in [0.717, 1.165) is 16.9 Å². The molecule has 0 saturated carbocycles. The van der Waals surface area contributed by atoms with Crippen molar-refractivity contribution in [2.75, 3.05) is 19.0 Å². The maximum atomic E-state index is 6.16. The Hall–Kier alpha value is -1.46. The van der Waals surface area contributed by atoms with Crippen LogP contribution in [0.2, 0.25) is 5.15 Å². The monoisotopic (exact) mass is 253 g/mol. The molecule has 0 radical (unpaired) electrons. The van der Waals surface area contributed by atoms with Gasteiger partial charge in [-0.25, -0.2) is 10.8 Å². The molecule has 1 aliphatic heterocycles. The summed E-state index contributed by atoms with van der Waals surface area (Å²) in [6.07, 6.45) is 1.64. The number of nitrogens with zero attached hydrogens (tertiary/aromatic N) is 3. The molecule has 1 aromatic heterocycles. The maximum Gasteiger partial charge on any atom is 0.152 e. The highest BCUT2D eigenvalue weighted by atomic mass is 35.5. The van der Waals surface area contributed by atoms with Crippen LogP contribution < -0.4 is 16.5 Å². The van der Waals surface area contributed by atoms with Gasteiger partial charge in [-0.15, -0.1) is 0 Å². The van der Waals surface area contributed by atoms with Crippen molar-refractivity contribution in [3.63, 3.8) is 0 Å². The number of rotatable bonds is 1. The molecule has 0 aliphatic carbocycles. The van der Waals surface area contributed by atoms with Gasteiger partial charge in [0.1, 0.15) is 0 Å². The molecule has 92 valence electrons. The van der Waals surface area contributed by atoms with Crippen molar-refractivity contribution in [3.05, 3.63) is 28.7 Å². The second-order valence-corrected chi connectivity index (χ2v) is 4.55. The molecule has 2 heterocycles. The summed E-state index contributed by atoms with van der Waals surface area (Å²) in [5.41, 5.74) is 9.41. The quantitative estimate of drug-likeness (QED) is 0.444. The van der Waals surface area contributed by atoms with Crippen molar-refractivity contribution in [3.8, 4) is 0 Å². The van der Waals surface area contributed by atoms with Crippen molar-refractivity contribution in [1.82, 2.24) is 9.99 Å². The van der Waals surface area contributed by atoms with E-state index in [-0.39, 0.29) is 6.04 Å². The SMILES string of the molecule is CC1C(N(C)N)=C(N)c2ccnc(Cl)c2N1C. The molecule has 5 nitrogen and oxygen atoms in total. The van der Waals surface area contributed by atoms with Gasteiger partial charge in [0.15, 0.2) is 5.15 Å². The van der Waals surface area contributed by atoms with Gasteiger partial charge in [-0.1, -0.05) is 11.6 Å². The zero-order chi connectivity index (χ0) is 12.7. The van der Waals surface area contributed by atoms with Gasteiger partial charge >= 0.3 is 0 Å². The average molecular weight is 254 g/mol. The van der Waals surface area contributed by atoms with E-state index in [1.165, 1.54) is 0 Å². The van der Waals surface area contributed by atoms with E-state index in [9.17, 15) is 0 Å². The number of hydrazine groups is 1. The molecule has 6 heteroatoms. The topological polar surface area (TPSA) is 71.4 Å². The van der Waals surface area contributed by atoms with Gasteiger partial charge in [0.05, 0.1) is 23.1 Å². The molecular formula is C11H16ClN5. The summed E-state index contributed by atoms with van der Waals surface area (Å²) in [7, 11) is 3.73. The summed E-state index contributed by atoms with van der Waals surface area (Å²) in [5, 5.41) is 2.01. The first kappa shape index (κ1) is 12.0. The van der Waals surface area contributed by atoms with E-state index < -0.39 is 0 Å². The number of halogens is 1. The third kappa shape index (κ3) is 1.71.